The van der Waals surface area contributed by atoms with Gasteiger partial charge >= 0.3 is 5.69 Å². The summed E-state index contributed by atoms with van der Waals surface area (Å²) in [5, 5.41) is 45.5. The van der Waals surface area contributed by atoms with Crippen molar-refractivity contribution in [2.75, 3.05) is 10.3 Å². The molecule has 236 valence electrons. The Bertz CT molecular complexity index is 2110. The molecule has 0 bridgehead atoms. The van der Waals surface area contributed by atoms with E-state index in [1.807, 2.05) is 31.2 Å². The van der Waals surface area contributed by atoms with Crippen LogP contribution in [0.1, 0.15) is 52.7 Å². The molecule has 0 radical (unpaired) electrons. The van der Waals surface area contributed by atoms with Gasteiger partial charge in [0.1, 0.15) is 22.2 Å². The van der Waals surface area contributed by atoms with Crippen LogP contribution in [0.5, 0.6) is 0 Å². The van der Waals surface area contributed by atoms with Crippen molar-refractivity contribution in [3.63, 3.8) is 0 Å². The van der Waals surface area contributed by atoms with E-state index in [-0.39, 0.29) is 11.4 Å². The van der Waals surface area contributed by atoms with Crippen molar-refractivity contribution in [1.82, 2.24) is 9.97 Å². The van der Waals surface area contributed by atoms with Crippen molar-refractivity contribution in [2.24, 2.45) is 5.10 Å². The zero-order valence-electron chi connectivity index (χ0n) is 25.0. The van der Waals surface area contributed by atoms with E-state index in [1.54, 1.807) is 23.5 Å². The van der Waals surface area contributed by atoms with Crippen LogP contribution in [0.15, 0.2) is 71.8 Å². The van der Waals surface area contributed by atoms with Crippen LogP contribution in [0.25, 0.3) is 10.2 Å². The summed E-state index contributed by atoms with van der Waals surface area (Å²) >= 11 is 1.74. The van der Waals surface area contributed by atoms with Crippen LogP contribution in [0.2, 0.25) is 0 Å². The first-order valence-electron chi connectivity index (χ1n) is 14.9. The van der Waals surface area contributed by atoms with Crippen LogP contribution in [-0.2, 0) is 12.8 Å². The molecule has 14 nitrogen and oxygen atoms in total. The summed E-state index contributed by atoms with van der Waals surface area (Å²) in [5.41, 5.74) is 3.26. The second-order valence-corrected chi connectivity index (χ2v) is 12.4. The molecule has 1 atom stereocenters. The minimum atomic E-state index is -0.695. The summed E-state index contributed by atoms with van der Waals surface area (Å²) < 4.78 is 0. The van der Waals surface area contributed by atoms with Gasteiger partial charge in [0.05, 0.1) is 38.0 Å². The molecule has 5 aromatic rings. The molecule has 0 amide bonds. The molecule has 7 rings (SSSR count). The molecule has 1 unspecified atom stereocenters. The monoisotopic (exact) mass is 650 g/mol. The topological polar surface area (TPSA) is 183 Å². The summed E-state index contributed by atoms with van der Waals surface area (Å²) in [5.74, 6) is 1.46. The SMILES string of the molecule is Cc1nc(Nc2ccc(C3=NN(c4ccc([N+](=O)[O-])cc4[N+](=O)[O-])C(c4ccc([N+](=O)[O-])cc4)C3)cc2)c2c3c(sc2n1)CCCC3. The number of fused-ring (bicyclic) bond motifs is 3. The quantitative estimate of drug-likeness (QED) is 0.129. The smallest absolute Gasteiger partial charge is 0.301 e. The molecule has 1 aliphatic heterocycles. The largest absolute Gasteiger partial charge is 0.340 e. The molecule has 3 heterocycles. The molecule has 0 saturated heterocycles. The Kier molecular flexibility index (Phi) is 7.52. The van der Waals surface area contributed by atoms with Crippen LogP contribution in [0.4, 0.5) is 34.3 Å². The Hall–Kier alpha value is -5.83. The van der Waals surface area contributed by atoms with Gasteiger partial charge in [0.2, 0.25) is 0 Å². The lowest BCUT2D eigenvalue weighted by atomic mass is 9.97. The Labute approximate surface area is 270 Å². The number of non-ortho nitro benzene ring substituents is 2. The van der Waals surface area contributed by atoms with Gasteiger partial charge in [0.15, 0.2) is 0 Å². The number of aromatic nitrogens is 2. The number of anilines is 3. The van der Waals surface area contributed by atoms with Crippen molar-refractivity contribution in [3.8, 4) is 0 Å². The van der Waals surface area contributed by atoms with Crippen LogP contribution in [0, 0.1) is 37.3 Å². The van der Waals surface area contributed by atoms with Gasteiger partial charge in [-0.3, -0.25) is 35.4 Å². The van der Waals surface area contributed by atoms with E-state index in [9.17, 15) is 30.3 Å². The predicted molar refractivity (Wildman–Crippen MR) is 178 cm³/mol. The highest BCUT2D eigenvalue weighted by Gasteiger charge is 2.35. The maximum atomic E-state index is 12.0. The maximum absolute atomic E-state index is 12.0. The molecule has 0 spiro atoms. The number of hydrogen-bond donors (Lipinski definition) is 1. The van der Waals surface area contributed by atoms with E-state index in [4.69, 9.17) is 15.1 Å². The number of nitro groups is 3. The first-order chi connectivity index (χ1) is 22.7. The highest BCUT2D eigenvalue weighted by molar-refractivity contribution is 7.19. The molecule has 15 heteroatoms. The van der Waals surface area contributed by atoms with Gasteiger partial charge in [-0.05, 0) is 67.5 Å². The second kappa shape index (κ2) is 11.8. The summed E-state index contributed by atoms with van der Waals surface area (Å²) in [6.45, 7) is 1.88. The number of nitrogens with zero attached hydrogens (tertiary/aromatic N) is 7. The Morgan fingerprint density at radius 3 is 2.26 bits per heavy atom. The highest BCUT2D eigenvalue weighted by atomic mass is 32.1. The number of rotatable bonds is 8. The lowest BCUT2D eigenvalue weighted by Crippen LogP contribution is -2.19. The van der Waals surface area contributed by atoms with Gasteiger partial charge in [-0.15, -0.1) is 11.3 Å². The van der Waals surface area contributed by atoms with Crippen molar-refractivity contribution in [1.29, 1.82) is 0 Å². The van der Waals surface area contributed by atoms with E-state index in [1.165, 1.54) is 46.1 Å². The van der Waals surface area contributed by atoms with Crippen molar-refractivity contribution in [3.05, 3.63) is 124 Å². The third-order valence-electron chi connectivity index (χ3n) is 8.42. The molecule has 1 N–H and O–H groups in total. The standard InChI is InChI=1S/C32H26N8O6S/c1-18-33-31(30-24-4-2-3-5-29(24)47-32(30)34-18)35-21-10-6-19(7-11-21)25-17-27(20-8-12-22(13-9-20)38(41)42)37(36-25)26-15-14-23(39(43)44)16-28(26)40(45)46/h6-16,27H,2-5,17H2,1H3,(H,33,34,35). The van der Waals surface area contributed by atoms with Gasteiger partial charge in [0, 0.05) is 35.2 Å². The highest BCUT2D eigenvalue weighted by Crippen LogP contribution is 2.43. The molecule has 0 saturated carbocycles. The number of hydrogen-bond acceptors (Lipinski definition) is 12. The molecule has 3 aromatic carbocycles. The van der Waals surface area contributed by atoms with Crippen molar-refractivity contribution in [2.45, 2.75) is 45.1 Å². The minimum Gasteiger partial charge on any atom is -0.340 e. The predicted octanol–water partition coefficient (Wildman–Crippen LogP) is 7.70. The third-order valence-corrected chi connectivity index (χ3v) is 9.61. The fourth-order valence-electron chi connectivity index (χ4n) is 6.19. The van der Waals surface area contributed by atoms with Gasteiger partial charge in [-0.25, -0.2) is 9.97 Å². The molecule has 1 aliphatic carbocycles. The number of thiophene rings is 1. The van der Waals surface area contributed by atoms with Crippen LogP contribution in [0.3, 0.4) is 0 Å². The van der Waals surface area contributed by atoms with E-state index in [0.29, 0.717) is 23.5 Å². The number of benzene rings is 3. The summed E-state index contributed by atoms with van der Waals surface area (Å²) in [4.78, 5) is 44.6. The first-order valence-corrected chi connectivity index (χ1v) is 15.7. The van der Waals surface area contributed by atoms with Crippen LogP contribution < -0.4 is 10.3 Å². The third kappa shape index (κ3) is 5.61. The molecular weight excluding hydrogens is 624 g/mol. The van der Waals surface area contributed by atoms with Gasteiger partial charge in [0.25, 0.3) is 11.4 Å². The Balaban J connectivity index is 1.23. The van der Waals surface area contributed by atoms with Crippen molar-refractivity contribution >= 4 is 61.5 Å². The van der Waals surface area contributed by atoms with Gasteiger partial charge in [-0.1, -0.05) is 24.3 Å². The lowest BCUT2D eigenvalue weighted by Gasteiger charge is -2.23. The fraction of sp³-hybridized carbons (Fsp3) is 0.219. The minimum absolute atomic E-state index is 0.0690. The fourth-order valence-corrected chi connectivity index (χ4v) is 7.49. The maximum Gasteiger partial charge on any atom is 0.301 e. The molecular formula is C32H26N8O6S. The molecule has 2 aliphatic rings. The summed E-state index contributed by atoms with van der Waals surface area (Å²) in [6, 6.07) is 16.4. The van der Waals surface area contributed by atoms with E-state index in [0.717, 1.165) is 52.6 Å². The number of hydrazone groups is 1. The average molecular weight is 651 g/mol. The number of aryl methyl sites for hydroxylation is 3. The summed E-state index contributed by atoms with van der Waals surface area (Å²) in [7, 11) is 0. The van der Waals surface area contributed by atoms with E-state index in [2.05, 4.69) is 5.32 Å². The second-order valence-electron chi connectivity index (χ2n) is 11.4. The zero-order chi connectivity index (χ0) is 32.8. The van der Waals surface area contributed by atoms with Gasteiger partial charge in [-0.2, -0.15) is 5.10 Å². The number of nitrogens with one attached hydrogen (secondary N) is 1. The van der Waals surface area contributed by atoms with Crippen molar-refractivity contribution < 1.29 is 14.8 Å². The average Bonchev–Trinajstić information content (AvgIpc) is 3.67. The molecule has 47 heavy (non-hydrogen) atoms. The van der Waals surface area contributed by atoms with E-state index >= 15 is 0 Å². The van der Waals surface area contributed by atoms with Crippen LogP contribution >= 0.6 is 11.3 Å². The van der Waals surface area contributed by atoms with Crippen LogP contribution in [-0.4, -0.2) is 30.4 Å². The lowest BCUT2D eigenvalue weighted by molar-refractivity contribution is -0.393. The Morgan fingerprint density at radius 1 is 0.851 bits per heavy atom. The van der Waals surface area contributed by atoms with E-state index < -0.39 is 32.2 Å². The normalized spacial score (nSPS) is 15.7. The first kappa shape index (κ1) is 29.9. The molecule has 0 fully saturated rings. The Morgan fingerprint density at radius 2 is 1.55 bits per heavy atom. The zero-order valence-corrected chi connectivity index (χ0v) is 25.8. The van der Waals surface area contributed by atoms with Gasteiger partial charge < -0.3 is 5.32 Å². The number of nitro benzene ring substituents is 3. The molecule has 2 aromatic heterocycles. The summed E-state index contributed by atoms with van der Waals surface area (Å²) in [6.07, 6.45) is 4.72.